The molecule has 2 aliphatic rings. The summed E-state index contributed by atoms with van der Waals surface area (Å²) in [7, 11) is 1.42. The third-order valence-electron chi connectivity index (χ3n) is 4.81. The number of hydrogen-bond acceptors (Lipinski definition) is 5. The number of fused-ring (bicyclic) bond motifs is 1. The molecule has 2 heterocycles. The van der Waals surface area contributed by atoms with E-state index >= 15 is 0 Å². The number of likely N-dealkylation sites (tertiary alicyclic amines) is 1. The van der Waals surface area contributed by atoms with Crippen LogP contribution in [0.5, 0.6) is 11.5 Å². The second kappa shape index (κ2) is 7.09. The molecule has 1 amide bonds. The van der Waals surface area contributed by atoms with Crippen LogP contribution in [-0.4, -0.2) is 44.9 Å². The van der Waals surface area contributed by atoms with Crippen molar-refractivity contribution >= 4 is 17.6 Å². The minimum atomic E-state index is -0.186. The van der Waals surface area contributed by atoms with E-state index in [4.69, 9.17) is 14.2 Å². The Kier molecular flexibility index (Phi) is 4.89. The number of quaternary nitrogens is 1. The molecule has 1 aromatic carbocycles. The Morgan fingerprint density at radius 1 is 1.25 bits per heavy atom. The zero-order chi connectivity index (χ0) is 17.1. The van der Waals surface area contributed by atoms with E-state index in [0.29, 0.717) is 17.2 Å². The molecule has 1 saturated heterocycles. The molecule has 1 aromatic rings. The second-order valence-corrected chi connectivity index (χ2v) is 6.23. The number of carbonyl (C=O) groups is 2. The lowest BCUT2D eigenvalue weighted by Gasteiger charge is -2.31. The van der Waals surface area contributed by atoms with E-state index in [-0.39, 0.29) is 30.6 Å². The second-order valence-electron chi connectivity index (χ2n) is 6.23. The summed E-state index contributed by atoms with van der Waals surface area (Å²) < 4.78 is 15.4. The van der Waals surface area contributed by atoms with Crippen molar-refractivity contribution in [3.63, 3.8) is 0 Å². The van der Waals surface area contributed by atoms with Crippen molar-refractivity contribution in [2.75, 3.05) is 32.3 Å². The Balaban J connectivity index is 1.55. The minimum Gasteiger partial charge on any atom is -0.469 e. The Bertz CT molecular complexity index is 625. The molecule has 0 saturated carbocycles. The highest BCUT2D eigenvalue weighted by Crippen LogP contribution is 2.34. The Morgan fingerprint density at radius 3 is 2.67 bits per heavy atom. The molecule has 1 fully saturated rings. The quantitative estimate of drug-likeness (QED) is 0.769. The highest BCUT2D eigenvalue weighted by atomic mass is 16.7. The van der Waals surface area contributed by atoms with Gasteiger partial charge in [0.15, 0.2) is 17.5 Å². The highest BCUT2D eigenvalue weighted by Gasteiger charge is 2.33. The van der Waals surface area contributed by atoms with Gasteiger partial charge in [0.1, 0.15) is 0 Å². The molecule has 24 heavy (non-hydrogen) atoms. The van der Waals surface area contributed by atoms with Gasteiger partial charge >= 0.3 is 5.97 Å². The molecule has 2 N–H and O–H groups in total. The van der Waals surface area contributed by atoms with Crippen LogP contribution in [0, 0.1) is 5.92 Å². The number of hydrogen-bond donors (Lipinski definition) is 2. The molecular formula is C17H23N2O5+. The fraction of sp³-hybridized carbons (Fsp3) is 0.529. The van der Waals surface area contributed by atoms with Crippen molar-refractivity contribution in [1.82, 2.24) is 0 Å². The molecule has 0 aliphatic carbocycles. The highest BCUT2D eigenvalue weighted by molar-refractivity contribution is 5.94. The Hall–Kier alpha value is -2.28. The third kappa shape index (κ3) is 3.46. The van der Waals surface area contributed by atoms with Gasteiger partial charge in [-0.05, 0) is 19.1 Å². The normalized spacial score (nSPS) is 23.4. The molecule has 2 aliphatic heterocycles. The third-order valence-corrected chi connectivity index (χ3v) is 4.81. The van der Waals surface area contributed by atoms with Crippen LogP contribution in [0.25, 0.3) is 0 Å². The van der Waals surface area contributed by atoms with Crippen molar-refractivity contribution in [3.05, 3.63) is 18.2 Å². The van der Waals surface area contributed by atoms with Gasteiger partial charge in [-0.25, -0.2) is 0 Å². The number of anilines is 1. The summed E-state index contributed by atoms with van der Waals surface area (Å²) in [6.07, 6.45) is 1.51. The number of benzene rings is 1. The summed E-state index contributed by atoms with van der Waals surface area (Å²) in [6.45, 7) is 3.70. The molecule has 0 unspecified atom stereocenters. The zero-order valence-electron chi connectivity index (χ0n) is 14.0. The largest absolute Gasteiger partial charge is 0.469 e. The zero-order valence-corrected chi connectivity index (χ0v) is 14.0. The number of methoxy groups -OCH3 is 1. The van der Waals surface area contributed by atoms with Gasteiger partial charge in [0.2, 0.25) is 6.79 Å². The maximum Gasteiger partial charge on any atom is 0.309 e. The van der Waals surface area contributed by atoms with E-state index in [2.05, 4.69) is 5.32 Å². The first kappa shape index (κ1) is 16.6. The van der Waals surface area contributed by atoms with E-state index in [1.807, 2.05) is 6.92 Å². The summed E-state index contributed by atoms with van der Waals surface area (Å²) in [4.78, 5) is 25.3. The number of ether oxygens (including phenoxy) is 3. The first-order valence-corrected chi connectivity index (χ1v) is 8.21. The van der Waals surface area contributed by atoms with Gasteiger partial charge in [-0.15, -0.1) is 0 Å². The average Bonchev–Trinajstić information content (AvgIpc) is 3.08. The maximum atomic E-state index is 12.5. The lowest BCUT2D eigenvalue weighted by molar-refractivity contribution is -0.919. The topological polar surface area (TPSA) is 78.3 Å². The molecule has 0 aromatic heterocycles. The van der Waals surface area contributed by atoms with E-state index in [9.17, 15) is 9.59 Å². The first-order valence-electron chi connectivity index (χ1n) is 8.21. The monoisotopic (exact) mass is 335 g/mol. The first-order chi connectivity index (χ1) is 11.6. The Morgan fingerprint density at radius 2 is 1.96 bits per heavy atom. The van der Waals surface area contributed by atoms with Crippen LogP contribution in [0.15, 0.2) is 18.2 Å². The molecule has 1 atom stereocenters. The summed E-state index contributed by atoms with van der Waals surface area (Å²) in [6, 6.07) is 5.18. The number of nitrogens with one attached hydrogen (secondary N) is 2. The van der Waals surface area contributed by atoms with Crippen molar-refractivity contribution < 1.29 is 28.7 Å². The van der Waals surface area contributed by atoms with Crippen molar-refractivity contribution in [2.24, 2.45) is 5.92 Å². The summed E-state index contributed by atoms with van der Waals surface area (Å²) in [5.74, 6) is 1.11. The Labute approximate surface area is 140 Å². The van der Waals surface area contributed by atoms with Crippen LogP contribution in [0.1, 0.15) is 19.8 Å². The molecule has 0 bridgehead atoms. The van der Waals surface area contributed by atoms with Crippen LogP contribution >= 0.6 is 0 Å². The van der Waals surface area contributed by atoms with Crippen LogP contribution in [-0.2, 0) is 14.3 Å². The van der Waals surface area contributed by atoms with Gasteiger partial charge in [-0.3, -0.25) is 9.59 Å². The summed E-state index contributed by atoms with van der Waals surface area (Å²) in [5, 5.41) is 2.93. The molecule has 130 valence electrons. The van der Waals surface area contributed by atoms with Crippen molar-refractivity contribution in [2.45, 2.75) is 25.8 Å². The molecule has 0 radical (unpaired) electrons. The molecule has 7 heteroatoms. The van der Waals surface area contributed by atoms with Gasteiger partial charge in [0, 0.05) is 24.6 Å². The maximum absolute atomic E-state index is 12.5. The number of esters is 1. The SMILES string of the molecule is COC(=O)C1CC[NH+]([C@H](C)C(=O)Nc2ccc3c(c2)OCO3)CC1. The van der Waals surface area contributed by atoms with E-state index < -0.39 is 0 Å². The lowest BCUT2D eigenvalue weighted by atomic mass is 9.96. The number of piperidine rings is 1. The smallest absolute Gasteiger partial charge is 0.309 e. The van der Waals surface area contributed by atoms with Gasteiger partial charge < -0.3 is 24.4 Å². The fourth-order valence-electron chi connectivity index (χ4n) is 3.23. The molecule has 0 spiro atoms. The van der Waals surface area contributed by atoms with Gasteiger partial charge in [0.05, 0.1) is 26.1 Å². The van der Waals surface area contributed by atoms with Crippen LogP contribution in [0.4, 0.5) is 5.69 Å². The number of rotatable bonds is 4. The summed E-state index contributed by atoms with van der Waals surface area (Å²) >= 11 is 0. The predicted octanol–water partition coefficient (Wildman–Crippen LogP) is 0.210. The van der Waals surface area contributed by atoms with Crippen LogP contribution < -0.4 is 19.7 Å². The molecule has 7 nitrogen and oxygen atoms in total. The van der Waals surface area contributed by atoms with Crippen LogP contribution in [0.2, 0.25) is 0 Å². The van der Waals surface area contributed by atoms with Gasteiger partial charge in [-0.1, -0.05) is 0 Å². The summed E-state index contributed by atoms with van der Waals surface area (Å²) in [5.41, 5.74) is 0.694. The van der Waals surface area contributed by atoms with Gasteiger partial charge in [-0.2, -0.15) is 0 Å². The molecule has 3 rings (SSSR count). The van der Waals surface area contributed by atoms with Gasteiger partial charge in [0.25, 0.3) is 5.91 Å². The van der Waals surface area contributed by atoms with Crippen molar-refractivity contribution in [3.8, 4) is 11.5 Å². The molecular weight excluding hydrogens is 312 g/mol. The van der Waals surface area contributed by atoms with Crippen LogP contribution in [0.3, 0.4) is 0 Å². The van der Waals surface area contributed by atoms with E-state index in [1.54, 1.807) is 18.2 Å². The van der Waals surface area contributed by atoms with E-state index in [1.165, 1.54) is 12.0 Å². The minimum absolute atomic E-state index is 0.0390. The standard InChI is InChI=1S/C17H22N2O5/c1-11(19-7-5-12(6-8-19)17(21)22-2)16(20)18-13-3-4-14-15(9-13)24-10-23-14/h3-4,9,11-12H,5-8,10H2,1-2H3,(H,18,20)/p+1/t11-/m1/s1. The fourth-order valence-corrected chi connectivity index (χ4v) is 3.23. The average molecular weight is 335 g/mol. The number of amides is 1. The van der Waals surface area contributed by atoms with Crippen molar-refractivity contribution in [1.29, 1.82) is 0 Å². The predicted molar refractivity (Wildman–Crippen MR) is 86.1 cm³/mol. The number of carbonyl (C=O) groups excluding carboxylic acids is 2. The van der Waals surface area contributed by atoms with E-state index in [0.717, 1.165) is 25.9 Å². The lowest BCUT2D eigenvalue weighted by Crippen LogP contribution is -3.17.